The van der Waals surface area contributed by atoms with E-state index in [2.05, 4.69) is 10.5 Å². The summed E-state index contributed by atoms with van der Waals surface area (Å²) in [4.78, 5) is 25.4. The summed E-state index contributed by atoms with van der Waals surface area (Å²) < 4.78 is 0. The number of hydrogen-bond donors (Lipinski definition) is 1. The van der Waals surface area contributed by atoms with Gasteiger partial charge in [0.2, 0.25) is 0 Å². The highest BCUT2D eigenvalue weighted by Gasteiger charge is 2.13. The number of hydrogen-bond acceptors (Lipinski definition) is 3. The molecule has 156 valence electrons. The third kappa shape index (κ3) is 5.24. The molecule has 0 heterocycles. The summed E-state index contributed by atoms with van der Waals surface area (Å²) in [7, 11) is 0. The lowest BCUT2D eigenvalue weighted by atomic mass is 10.0. The van der Waals surface area contributed by atoms with Gasteiger partial charge in [-0.15, -0.1) is 0 Å². The summed E-state index contributed by atoms with van der Waals surface area (Å²) in [5, 5.41) is 4.31. The van der Waals surface area contributed by atoms with Crippen LogP contribution in [0.3, 0.4) is 0 Å². The van der Waals surface area contributed by atoms with E-state index in [0.29, 0.717) is 16.8 Å². The molecule has 0 aliphatic heterocycles. The predicted octanol–water partition coefficient (Wildman–Crippen LogP) is 5.76. The monoisotopic (exact) mass is 418 g/mol. The largest absolute Gasteiger partial charge is 0.294 e. The Hall–Kier alpha value is -4.31. The molecule has 4 rings (SSSR count). The predicted molar refractivity (Wildman–Crippen MR) is 128 cm³/mol. The van der Waals surface area contributed by atoms with Crippen molar-refractivity contribution in [1.82, 2.24) is 5.43 Å². The molecule has 0 saturated heterocycles. The Balaban J connectivity index is 1.52. The minimum atomic E-state index is -0.329. The Morgan fingerprint density at radius 3 is 1.66 bits per heavy atom. The van der Waals surface area contributed by atoms with E-state index in [9.17, 15) is 9.59 Å². The molecule has 0 spiro atoms. The molecule has 32 heavy (non-hydrogen) atoms. The van der Waals surface area contributed by atoms with Gasteiger partial charge >= 0.3 is 0 Å². The van der Waals surface area contributed by atoms with Crippen molar-refractivity contribution in [1.29, 1.82) is 0 Å². The molecule has 1 amide bonds. The highest BCUT2D eigenvalue weighted by molar-refractivity contribution is 6.16. The zero-order chi connectivity index (χ0) is 22.2. The molecule has 0 radical (unpaired) electrons. The maximum atomic E-state index is 12.7. The van der Waals surface area contributed by atoms with E-state index >= 15 is 0 Å². The van der Waals surface area contributed by atoms with Crippen LogP contribution in [0.15, 0.2) is 120 Å². The topological polar surface area (TPSA) is 58.5 Å². The second-order valence-electron chi connectivity index (χ2n) is 7.27. The van der Waals surface area contributed by atoms with Gasteiger partial charge in [0.15, 0.2) is 5.78 Å². The minimum absolute atomic E-state index is 0.0605. The molecular weight excluding hydrogens is 396 g/mol. The summed E-state index contributed by atoms with van der Waals surface area (Å²) >= 11 is 0. The minimum Gasteiger partial charge on any atom is -0.294 e. The third-order valence-electron chi connectivity index (χ3n) is 5.08. The average molecular weight is 418 g/mol. The molecule has 0 aliphatic rings. The zero-order valence-electron chi connectivity index (χ0n) is 17.4. The van der Waals surface area contributed by atoms with Crippen LogP contribution in [0.4, 0.5) is 0 Å². The Morgan fingerprint density at radius 2 is 1.06 bits per heavy atom. The van der Waals surface area contributed by atoms with Gasteiger partial charge in [0, 0.05) is 11.1 Å². The highest BCUT2D eigenvalue weighted by Crippen LogP contribution is 2.19. The molecular formula is C28H22N2O2. The molecule has 0 fully saturated rings. The zero-order valence-corrected chi connectivity index (χ0v) is 17.4. The molecule has 1 N–H and O–H groups in total. The van der Waals surface area contributed by atoms with Crippen LogP contribution in [0.5, 0.6) is 0 Å². The van der Waals surface area contributed by atoms with Crippen LogP contribution in [-0.2, 0) is 0 Å². The van der Waals surface area contributed by atoms with Gasteiger partial charge < -0.3 is 0 Å². The lowest BCUT2D eigenvalue weighted by molar-refractivity contribution is 0.0951. The van der Waals surface area contributed by atoms with Crippen LogP contribution in [0, 0.1) is 0 Å². The standard InChI is InChI=1S/C28H22N2O2/c31-27(24-14-8-3-9-15-24)20-26(23-12-6-2-7-13-23)29-30-28(32)25-18-16-22(17-19-25)21-10-4-1-5-11-21/h1-19H,20H2,(H,30,32)/b29-26-. The van der Waals surface area contributed by atoms with Gasteiger partial charge in [-0.3, -0.25) is 9.59 Å². The van der Waals surface area contributed by atoms with E-state index in [-0.39, 0.29) is 18.1 Å². The molecule has 0 aliphatic carbocycles. The van der Waals surface area contributed by atoms with Crippen LogP contribution in [0.25, 0.3) is 11.1 Å². The van der Waals surface area contributed by atoms with Crippen LogP contribution >= 0.6 is 0 Å². The lowest BCUT2D eigenvalue weighted by Gasteiger charge is -2.08. The van der Waals surface area contributed by atoms with E-state index in [1.54, 1.807) is 24.3 Å². The first-order chi connectivity index (χ1) is 15.7. The van der Waals surface area contributed by atoms with Gasteiger partial charge in [-0.2, -0.15) is 5.10 Å². The van der Waals surface area contributed by atoms with Crippen molar-refractivity contribution in [2.24, 2.45) is 5.10 Å². The third-order valence-corrected chi connectivity index (χ3v) is 5.08. The van der Waals surface area contributed by atoms with Crippen LogP contribution < -0.4 is 5.43 Å². The fourth-order valence-electron chi connectivity index (χ4n) is 3.34. The average Bonchev–Trinajstić information content (AvgIpc) is 2.88. The van der Waals surface area contributed by atoms with Crippen molar-refractivity contribution in [3.8, 4) is 11.1 Å². The first-order valence-corrected chi connectivity index (χ1v) is 10.4. The second-order valence-corrected chi connectivity index (χ2v) is 7.27. The van der Waals surface area contributed by atoms with Crippen molar-refractivity contribution in [3.05, 3.63) is 132 Å². The highest BCUT2D eigenvalue weighted by atomic mass is 16.2. The summed E-state index contributed by atoms with van der Waals surface area (Å²) in [5.41, 5.74) is 7.13. The molecule has 0 unspecified atom stereocenters. The van der Waals surface area contributed by atoms with Gasteiger partial charge in [-0.25, -0.2) is 5.43 Å². The smallest absolute Gasteiger partial charge is 0.271 e. The normalized spacial score (nSPS) is 11.1. The number of benzene rings is 4. The maximum Gasteiger partial charge on any atom is 0.271 e. The molecule has 4 heteroatoms. The molecule has 4 aromatic rings. The van der Waals surface area contributed by atoms with E-state index in [0.717, 1.165) is 16.7 Å². The number of nitrogens with zero attached hydrogens (tertiary/aromatic N) is 1. The molecule has 0 saturated carbocycles. The number of carbonyl (C=O) groups is 2. The van der Waals surface area contributed by atoms with E-state index in [4.69, 9.17) is 0 Å². The van der Waals surface area contributed by atoms with Crippen LogP contribution in [-0.4, -0.2) is 17.4 Å². The second kappa shape index (κ2) is 10.1. The SMILES string of the molecule is O=C(C/C(=N/NC(=O)c1ccc(-c2ccccc2)cc1)c1ccccc1)c1ccccc1. The fourth-order valence-corrected chi connectivity index (χ4v) is 3.34. The number of amides is 1. The Morgan fingerprint density at radius 1 is 0.562 bits per heavy atom. The maximum absolute atomic E-state index is 12.7. The van der Waals surface area contributed by atoms with Crippen molar-refractivity contribution >= 4 is 17.4 Å². The quantitative estimate of drug-likeness (QED) is 0.236. The van der Waals surface area contributed by atoms with Gasteiger partial charge in [0.05, 0.1) is 12.1 Å². The van der Waals surface area contributed by atoms with Crippen LogP contribution in [0.1, 0.15) is 32.7 Å². The number of Topliss-reactive ketones (excluding diaryl/α,β-unsaturated/α-hetero) is 1. The molecule has 4 nitrogen and oxygen atoms in total. The first kappa shape index (κ1) is 20.9. The van der Waals surface area contributed by atoms with E-state index < -0.39 is 0 Å². The van der Waals surface area contributed by atoms with Crippen molar-refractivity contribution in [3.63, 3.8) is 0 Å². The van der Waals surface area contributed by atoms with Gasteiger partial charge in [0.1, 0.15) is 0 Å². The number of carbonyl (C=O) groups excluding carboxylic acids is 2. The van der Waals surface area contributed by atoms with Crippen molar-refractivity contribution in [2.75, 3.05) is 0 Å². The Labute approximate surface area is 187 Å². The Bertz CT molecular complexity index is 1220. The van der Waals surface area contributed by atoms with Crippen molar-refractivity contribution in [2.45, 2.75) is 6.42 Å². The lowest BCUT2D eigenvalue weighted by Crippen LogP contribution is -2.21. The summed E-state index contributed by atoms with van der Waals surface area (Å²) in [6.45, 7) is 0. The molecule has 0 atom stereocenters. The number of hydrazone groups is 1. The number of rotatable bonds is 7. The van der Waals surface area contributed by atoms with E-state index in [1.165, 1.54) is 0 Å². The van der Waals surface area contributed by atoms with Gasteiger partial charge in [-0.05, 0) is 28.8 Å². The van der Waals surface area contributed by atoms with Gasteiger partial charge in [0.25, 0.3) is 5.91 Å². The molecule has 0 aromatic heterocycles. The number of nitrogens with one attached hydrogen (secondary N) is 1. The summed E-state index contributed by atoms with van der Waals surface area (Å²) in [5.74, 6) is -0.389. The van der Waals surface area contributed by atoms with Crippen molar-refractivity contribution < 1.29 is 9.59 Å². The summed E-state index contributed by atoms with van der Waals surface area (Å²) in [6.07, 6.45) is 0.0846. The fraction of sp³-hybridized carbons (Fsp3) is 0.0357. The Kier molecular flexibility index (Phi) is 6.63. The van der Waals surface area contributed by atoms with Crippen LogP contribution in [0.2, 0.25) is 0 Å². The molecule has 4 aromatic carbocycles. The first-order valence-electron chi connectivity index (χ1n) is 10.4. The van der Waals surface area contributed by atoms with Gasteiger partial charge in [-0.1, -0.05) is 103 Å². The summed E-state index contributed by atoms with van der Waals surface area (Å²) in [6, 6.07) is 35.8. The molecule has 0 bridgehead atoms. The number of ketones is 1. The van der Waals surface area contributed by atoms with E-state index in [1.807, 2.05) is 91.0 Å².